The molecule has 0 saturated heterocycles. The van der Waals surface area contributed by atoms with Crippen molar-refractivity contribution in [3.05, 3.63) is 62.5 Å². The van der Waals surface area contributed by atoms with Crippen LogP contribution in [0.25, 0.3) is 0 Å². The largest absolute Gasteiger partial charge is 0.380 e. The Balaban J connectivity index is 2.13. The van der Waals surface area contributed by atoms with E-state index in [1.807, 2.05) is 0 Å². The van der Waals surface area contributed by atoms with E-state index in [0.717, 1.165) is 10.2 Å². The Morgan fingerprint density at radius 1 is 1.00 bits per heavy atom. The number of hydrogen-bond donors (Lipinski definition) is 1. The van der Waals surface area contributed by atoms with Crippen molar-refractivity contribution in [1.82, 2.24) is 0 Å². The molecule has 0 aliphatic heterocycles. The second-order valence-corrected chi connectivity index (χ2v) is 5.48. The number of rotatable bonds is 3. The molecule has 0 unspecified atom stereocenters. The van der Waals surface area contributed by atoms with Crippen LogP contribution < -0.4 is 5.32 Å². The van der Waals surface area contributed by atoms with Crippen molar-refractivity contribution < 1.29 is 8.78 Å². The van der Waals surface area contributed by atoms with E-state index in [1.54, 1.807) is 18.2 Å². The average Bonchev–Trinajstić information content (AvgIpc) is 2.32. The zero-order chi connectivity index (χ0) is 13.1. The summed E-state index contributed by atoms with van der Waals surface area (Å²) in [5, 5.41) is 3.05. The van der Waals surface area contributed by atoms with Crippen LogP contribution in [0.5, 0.6) is 0 Å². The number of hydrogen-bond acceptors (Lipinski definition) is 1. The SMILES string of the molecule is Fc1ccc(NCc2cc(Br)ccc2F)c(Br)c1. The van der Waals surface area contributed by atoms with Gasteiger partial charge in [0.25, 0.3) is 0 Å². The molecule has 94 valence electrons. The van der Waals surface area contributed by atoms with Crippen molar-refractivity contribution in [1.29, 1.82) is 0 Å². The fourth-order valence-electron chi connectivity index (χ4n) is 1.50. The van der Waals surface area contributed by atoms with Crippen molar-refractivity contribution in [3.63, 3.8) is 0 Å². The zero-order valence-electron chi connectivity index (χ0n) is 9.18. The molecule has 18 heavy (non-hydrogen) atoms. The molecule has 0 radical (unpaired) electrons. The summed E-state index contributed by atoms with van der Waals surface area (Å²) in [4.78, 5) is 0. The van der Waals surface area contributed by atoms with Crippen LogP contribution in [-0.2, 0) is 6.54 Å². The smallest absolute Gasteiger partial charge is 0.128 e. The maximum absolute atomic E-state index is 13.5. The van der Waals surface area contributed by atoms with Crippen LogP contribution in [0.2, 0.25) is 0 Å². The Bertz CT molecular complexity index is 573. The molecule has 0 heterocycles. The van der Waals surface area contributed by atoms with Gasteiger partial charge in [-0.2, -0.15) is 0 Å². The van der Waals surface area contributed by atoms with Gasteiger partial charge in [0.15, 0.2) is 0 Å². The number of anilines is 1. The lowest BCUT2D eigenvalue weighted by Gasteiger charge is -2.09. The zero-order valence-corrected chi connectivity index (χ0v) is 12.4. The normalized spacial score (nSPS) is 10.4. The first-order valence-corrected chi connectivity index (χ1v) is 6.78. The number of benzene rings is 2. The summed E-state index contributed by atoms with van der Waals surface area (Å²) in [6.45, 7) is 0.329. The molecular weight excluding hydrogens is 368 g/mol. The van der Waals surface area contributed by atoms with Crippen LogP contribution in [0.4, 0.5) is 14.5 Å². The van der Waals surface area contributed by atoms with E-state index in [4.69, 9.17) is 0 Å². The van der Waals surface area contributed by atoms with Gasteiger partial charge in [-0.1, -0.05) is 15.9 Å². The predicted octanol–water partition coefficient (Wildman–Crippen LogP) is 5.10. The molecule has 1 N–H and O–H groups in total. The van der Waals surface area contributed by atoms with Crippen molar-refractivity contribution in [2.24, 2.45) is 0 Å². The molecule has 0 aromatic heterocycles. The molecule has 2 aromatic rings. The van der Waals surface area contributed by atoms with Gasteiger partial charge in [-0.05, 0) is 52.3 Å². The van der Waals surface area contributed by atoms with Crippen molar-refractivity contribution in [2.75, 3.05) is 5.32 Å². The van der Waals surface area contributed by atoms with Gasteiger partial charge in [0.1, 0.15) is 11.6 Å². The van der Waals surface area contributed by atoms with E-state index < -0.39 is 0 Å². The maximum Gasteiger partial charge on any atom is 0.128 e. The summed E-state index contributed by atoms with van der Waals surface area (Å²) in [5.41, 5.74) is 1.26. The third-order valence-electron chi connectivity index (χ3n) is 2.41. The Kier molecular flexibility index (Phi) is 4.35. The van der Waals surface area contributed by atoms with E-state index in [9.17, 15) is 8.78 Å². The Labute approximate surface area is 120 Å². The molecule has 0 bridgehead atoms. The van der Waals surface area contributed by atoms with E-state index in [0.29, 0.717) is 16.6 Å². The first-order chi connectivity index (χ1) is 8.56. The van der Waals surface area contributed by atoms with Crippen LogP contribution in [0.1, 0.15) is 5.56 Å². The van der Waals surface area contributed by atoms with Gasteiger partial charge in [-0.25, -0.2) is 8.78 Å². The lowest BCUT2D eigenvalue weighted by atomic mass is 10.2. The van der Waals surface area contributed by atoms with Crippen molar-refractivity contribution in [3.8, 4) is 0 Å². The van der Waals surface area contributed by atoms with Gasteiger partial charge in [0.05, 0.1) is 0 Å². The van der Waals surface area contributed by atoms with Crippen molar-refractivity contribution >= 4 is 37.5 Å². The molecule has 2 rings (SSSR count). The maximum atomic E-state index is 13.5. The Morgan fingerprint density at radius 3 is 2.50 bits per heavy atom. The lowest BCUT2D eigenvalue weighted by molar-refractivity contribution is 0.612. The predicted molar refractivity (Wildman–Crippen MR) is 75.5 cm³/mol. The highest BCUT2D eigenvalue weighted by molar-refractivity contribution is 9.10. The van der Waals surface area contributed by atoms with Crippen LogP contribution in [-0.4, -0.2) is 0 Å². The third-order valence-corrected chi connectivity index (χ3v) is 3.56. The molecule has 0 aliphatic carbocycles. The average molecular weight is 377 g/mol. The summed E-state index contributed by atoms with van der Waals surface area (Å²) in [6, 6.07) is 9.08. The molecule has 0 saturated carbocycles. The fraction of sp³-hybridized carbons (Fsp3) is 0.0769. The minimum absolute atomic E-state index is 0.274. The fourth-order valence-corrected chi connectivity index (χ4v) is 2.40. The standard InChI is InChI=1S/C13H9Br2F2N/c14-9-1-3-12(17)8(5-9)7-18-13-4-2-10(16)6-11(13)15/h1-6,18H,7H2. The third kappa shape index (κ3) is 3.29. The lowest BCUT2D eigenvalue weighted by Crippen LogP contribution is -2.02. The van der Waals surface area contributed by atoms with Gasteiger partial charge in [0, 0.05) is 26.7 Å². The highest BCUT2D eigenvalue weighted by atomic mass is 79.9. The number of halogens is 4. The molecule has 2 aromatic carbocycles. The summed E-state index contributed by atoms with van der Waals surface area (Å²) in [7, 11) is 0. The van der Waals surface area contributed by atoms with E-state index in [1.165, 1.54) is 18.2 Å². The molecule has 1 nitrogen and oxygen atoms in total. The summed E-state index contributed by atoms with van der Waals surface area (Å²) < 4.78 is 27.8. The summed E-state index contributed by atoms with van der Waals surface area (Å²) in [6.07, 6.45) is 0. The monoisotopic (exact) mass is 375 g/mol. The first kappa shape index (κ1) is 13.5. The second kappa shape index (κ2) is 5.80. The van der Waals surface area contributed by atoms with E-state index >= 15 is 0 Å². The topological polar surface area (TPSA) is 12.0 Å². The van der Waals surface area contributed by atoms with Gasteiger partial charge < -0.3 is 5.32 Å². The van der Waals surface area contributed by atoms with Gasteiger partial charge in [-0.15, -0.1) is 0 Å². The van der Waals surface area contributed by atoms with Crippen LogP contribution in [0.15, 0.2) is 45.3 Å². The quantitative estimate of drug-likeness (QED) is 0.785. The molecule has 0 amide bonds. The van der Waals surface area contributed by atoms with Crippen LogP contribution in [0, 0.1) is 11.6 Å². The molecule has 0 fully saturated rings. The van der Waals surface area contributed by atoms with Gasteiger partial charge in [-0.3, -0.25) is 0 Å². The molecule has 5 heteroatoms. The highest BCUT2D eigenvalue weighted by Crippen LogP contribution is 2.24. The number of nitrogens with one attached hydrogen (secondary N) is 1. The molecular formula is C13H9Br2F2N. The minimum atomic E-state index is -0.318. The van der Waals surface area contributed by atoms with Gasteiger partial charge in [0.2, 0.25) is 0 Å². The van der Waals surface area contributed by atoms with Gasteiger partial charge >= 0.3 is 0 Å². The van der Waals surface area contributed by atoms with Crippen LogP contribution in [0.3, 0.4) is 0 Å². The summed E-state index contributed by atoms with van der Waals surface area (Å²) >= 11 is 6.54. The first-order valence-electron chi connectivity index (χ1n) is 5.19. The van der Waals surface area contributed by atoms with E-state index in [-0.39, 0.29) is 11.6 Å². The van der Waals surface area contributed by atoms with Crippen molar-refractivity contribution in [2.45, 2.75) is 6.54 Å². The Hall–Kier alpha value is -0.940. The minimum Gasteiger partial charge on any atom is -0.380 e. The highest BCUT2D eigenvalue weighted by Gasteiger charge is 2.05. The molecule has 0 atom stereocenters. The molecule has 0 spiro atoms. The Morgan fingerprint density at radius 2 is 1.78 bits per heavy atom. The summed E-state index contributed by atoms with van der Waals surface area (Å²) in [5.74, 6) is -0.593. The second-order valence-electron chi connectivity index (χ2n) is 3.71. The van der Waals surface area contributed by atoms with E-state index in [2.05, 4.69) is 37.2 Å². The van der Waals surface area contributed by atoms with Crippen LogP contribution >= 0.6 is 31.9 Å². The molecule has 0 aliphatic rings.